The molecule has 1 unspecified atom stereocenters. The van der Waals surface area contributed by atoms with Crippen LogP contribution in [0.2, 0.25) is 0 Å². The van der Waals surface area contributed by atoms with Crippen LogP contribution in [-0.2, 0) is 9.53 Å². The zero-order valence-corrected chi connectivity index (χ0v) is 16.5. The SMILES string of the molecule is COc1ccc(N2C(=O)NC(c3cccs3)C(C(=O)OC(C)C)=C2C)cc1. The van der Waals surface area contributed by atoms with Crippen molar-refractivity contribution in [2.24, 2.45) is 0 Å². The molecule has 0 radical (unpaired) electrons. The molecule has 2 heterocycles. The van der Waals surface area contributed by atoms with Gasteiger partial charge in [0, 0.05) is 10.6 Å². The van der Waals surface area contributed by atoms with Gasteiger partial charge in [-0.05, 0) is 56.5 Å². The molecule has 7 heteroatoms. The Bertz CT molecular complexity index is 857. The summed E-state index contributed by atoms with van der Waals surface area (Å²) in [5.41, 5.74) is 1.62. The van der Waals surface area contributed by atoms with Crippen molar-refractivity contribution in [3.05, 3.63) is 57.9 Å². The number of hydrogen-bond donors (Lipinski definition) is 1. The fraction of sp³-hybridized carbons (Fsp3) is 0.300. The Morgan fingerprint density at radius 3 is 2.48 bits per heavy atom. The van der Waals surface area contributed by atoms with E-state index in [-0.39, 0.29) is 12.1 Å². The first kappa shape index (κ1) is 19.0. The minimum Gasteiger partial charge on any atom is -0.497 e. The molecule has 3 rings (SSSR count). The van der Waals surface area contributed by atoms with Crippen molar-refractivity contribution in [2.75, 3.05) is 12.0 Å². The smallest absolute Gasteiger partial charge is 0.338 e. The van der Waals surface area contributed by atoms with Crippen molar-refractivity contribution in [3.63, 3.8) is 0 Å². The number of ether oxygens (including phenoxy) is 2. The van der Waals surface area contributed by atoms with Gasteiger partial charge in [0.1, 0.15) is 5.75 Å². The van der Waals surface area contributed by atoms with E-state index in [9.17, 15) is 9.59 Å². The van der Waals surface area contributed by atoms with E-state index < -0.39 is 12.0 Å². The fourth-order valence-corrected chi connectivity index (χ4v) is 3.78. The molecule has 1 aliphatic heterocycles. The van der Waals surface area contributed by atoms with Crippen LogP contribution in [0.4, 0.5) is 10.5 Å². The first-order chi connectivity index (χ1) is 12.9. The van der Waals surface area contributed by atoms with Crippen LogP contribution in [0.25, 0.3) is 0 Å². The summed E-state index contributed by atoms with van der Waals surface area (Å²) >= 11 is 1.48. The molecule has 6 nitrogen and oxygen atoms in total. The van der Waals surface area contributed by atoms with Gasteiger partial charge in [-0.3, -0.25) is 4.90 Å². The number of carbonyl (C=O) groups is 2. The van der Waals surface area contributed by atoms with Crippen LogP contribution < -0.4 is 15.0 Å². The summed E-state index contributed by atoms with van der Waals surface area (Å²) in [5, 5.41) is 4.85. The van der Waals surface area contributed by atoms with Crippen LogP contribution in [0.3, 0.4) is 0 Å². The normalized spacial score (nSPS) is 17.1. The lowest BCUT2D eigenvalue weighted by atomic mass is 10.00. The third kappa shape index (κ3) is 3.83. The summed E-state index contributed by atoms with van der Waals surface area (Å²) in [4.78, 5) is 28.1. The molecule has 0 fully saturated rings. The molecule has 0 aliphatic carbocycles. The number of urea groups is 1. The lowest BCUT2D eigenvalue weighted by Gasteiger charge is -2.35. The molecular weight excluding hydrogens is 364 g/mol. The summed E-state index contributed by atoms with van der Waals surface area (Å²) in [6.45, 7) is 5.37. The van der Waals surface area contributed by atoms with Crippen LogP contribution in [-0.4, -0.2) is 25.2 Å². The molecule has 2 aromatic rings. The third-order valence-electron chi connectivity index (χ3n) is 4.21. The van der Waals surface area contributed by atoms with Crippen LogP contribution in [0.5, 0.6) is 5.75 Å². The van der Waals surface area contributed by atoms with Gasteiger partial charge in [-0.2, -0.15) is 0 Å². The second kappa shape index (κ2) is 7.84. The Morgan fingerprint density at radius 1 is 1.22 bits per heavy atom. The summed E-state index contributed by atoms with van der Waals surface area (Å²) < 4.78 is 10.6. The zero-order chi connectivity index (χ0) is 19.6. The van der Waals surface area contributed by atoms with Crippen LogP contribution in [0.15, 0.2) is 53.0 Å². The number of amides is 2. The second-order valence-corrected chi connectivity index (χ2v) is 7.36. The number of rotatable bonds is 5. The molecule has 1 atom stereocenters. The largest absolute Gasteiger partial charge is 0.497 e. The predicted molar refractivity (Wildman–Crippen MR) is 105 cm³/mol. The van der Waals surface area contributed by atoms with Crippen LogP contribution >= 0.6 is 11.3 Å². The van der Waals surface area contributed by atoms with E-state index in [1.54, 1.807) is 52.1 Å². The lowest BCUT2D eigenvalue weighted by Crippen LogP contribution is -2.48. The van der Waals surface area contributed by atoms with Crippen molar-refractivity contribution in [3.8, 4) is 5.75 Å². The summed E-state index contributed by atoms with van der Waals surface area (Å²) in [6, 6.07) is 10.1. The Kier molecular flexibility index (Phi) is 5.51. The molecule has 1 aromatic heterocycles. The monoisotopic (exact) mass is 386 g/mol. The predicted octanol–water partition coefficient (Wildman–Crippen LogP) is 4.25. The van der Waals surface area contributed by atoms with Gasteiger partial charge in [-0.1, -0.05) is 6.07 Å². The Labute approximate surface area is 162 Å². The molecule has 0 saturated heterocycles. The molecule has 27 heavy (non-hydrogen) atoms. The van der Waals surface area contributed by atoms with Crippen molar-refractivity contribution < 1.29 is 19.1 Å². The van der Waals surface area contributed by atoms with E-state index >= 15 is 0 Å². The van der Waals surface area contributed by atoms with Gasteiger partial charge in [0.05, 0.1) is 30.5 Å². The van der Waals surface area contributed by atoms with Crippen LogP contribution in [0, 0.1) is 0 Å². The van der Waals surface area contributed by atoms with Gasteiger partial charge in [0.25, 0.3) is 0 Å². The van der Waals surface area contributed by atoms with Gasteiger partial charge in [-0.15, -0.1) is 11.3 Å². The quantitative estimate of drug-likeness (QED) is 0.780. The standard InChI is InChI=1S/C20H22N2O4S/c1-12(2)26-19(23)17-13(3)22(14-7-9-15(25-4)10-8-14)20(24)21-18(17)16-6-5-11-27-16/h5-12,18H,1-4H3,(H,21,24). The molecule has 1 aromatic carbocycles. The highest BCUT2D eigenvalue weighted by Crippen LogP contribution is 2.36. The number of carbonyl (C=O) groups excluding carboxylic acids is 2. The van der Waals surface area contributed by atoms with E-state index in [1.165, 1.54) is 16.2 Å². The molecule has 1 aliphatic rings. The summed E-state index contributed by atoms with van der Waals surface area (Å²) in [7, 11) is 1.58. The van der Waals surface area contributed by atoms with E-state index in [0.717, 1.165) is 4.88 Å². The maximum atomic E-state index is 12.9. The van der Waals surface area contributed by atoms with Crippen molar-refractivity contribution >= 4 is 29.0 Å². The number of allylic oxidation sites excluding steroid dienone is 1. The van der Waals surface area contributed by atoms with E-state index in [1.807, 2.05) is 17.5 Å². The number of thiophene rings is 1. The number of nitrogens with one attached hydrogen (secondary N) is 1. The number of hydrogen-bond acceptors (Lipinski definition) is 5. The lowest BCUT2D eigenvalue weighted by molar-refractivity contribution is -0.143. The topological polar surface area (TPSA) is 67.9 Å². The number of esters is 1. The van der Waals surface area contributed by atoms with E-state index in [0.29, 0.717) is 22.7 Å². The summed E-state index contributed by atoms with van der Waals surface area (Å²) in [5.74, 6) is 0.258. The highest BCUT2D eigenvalue weighted by atomic mass is 32.1. The average molecular weight is 386 g/mol. The number of benzene rings is 1. The van der Waals surface area contributed by atoms with Crippen molar-refractivity contribution in [1.82, 2.24) is 5.32 Å². The zero-order valence-electron chi connectivity index (χ0n) is 15.7. The van der Waals surface area contributed by atoms with Gasteiger partial charge in [-0.25, -0.2) is 9.59 Å². The molecular formula is C20H22N2O4S. The minimum absolute atomic E-state index is 0.256. The maximum Gasteiger partial charge on any atom is 0.338 e. The third-order valence-corrected chi connectivity index (χ3v) is 5.14. The molecule has 142 valence electrons. The fourth-order valence-electron chi connectivity index (χ4n) is 3.00. The maximum absolute atomic E-state index is 12.9. The number of nitrogens with zero attached hydrogens (tertiary/aromatic N) is 1. The van der Waals surface area contributed by atoms with E-state index in [2.05, 4.69) is 5.32 Å². The second-order valence-electron chi connectivity index (χ2n) is 6.38. The Balaban J connectivity index is 2.07. The highest BCUT2D eigenvalue weighted by molar-refractivity contribution is 7.10. The molecule has 1 N–H and O–H groups in total. The summed E-state index contributed by atoms with van der Waals surface area (Å²) in [6.07, 6.45) is -0.256. The number of anilines is 1. The van der Waals surface area contributed by atoms with Crippen molar-refractivity contribution in [2.45, 2.75) is 32.9 Å². The molecule has 2 amide bonds. The Morgan fingerprint density at radius 2 is 1.93 bits per heavy atom. The van der Waals surface area contributed by atoms with Gasteiger partial charge in [0.2, 0.25) is 0 Å². The Hall–Kier alpha value is -2.80. The molecule has 0 spiro atoms. The first-order valence-corrected chi connectivity index (χ1v) is 9.50. The van der Waals surface area contributed by atoms with Gasteiger partial charge in [0.15, 0.2) is 0 Å². The minimum atomic E-state index is -0.529. The molecule has 0 bridgehead atoms. The van der Waals surface area contributed by atoms with Crippen LogP contribution in [0.1, 0.15) is 31.7 Å². The highest BCUT2D eigenvalue weighted by Gasteiger charge is 2.37. The molecule has 0 saturated carbocycles. The average Bonchev–Trinajstić information content (AvgIpc) is 3.15. The van der Waals surface area contributed by atoms with E-state index in [4.69, 9.17) is 9.47 Å². The number of methoxy groups -OCH3 is 1. The first-order valence-electron chi connectivity index (χ1n) is 8.62. The van der Waals surface area contributed by atoms with Crippen molar-refractivity contribution in [1.29, 1.82) is 0 Å². The van der Waals surface area contributed by atoms with Gasteiger partial charge < -0.3 is 14.8 Å². The van der Waals surface area contributed by atoms with Gasteiger partial charge >= 0.3 is 12.0 Å².